The lowest BCUT2D eigenvalue weighted by atomic mass is 10.2. The lowest BCUT2D eigenvalue weighted by molar-refractivity contribution is 0.0929. The summed E-state index contributed by atoms with van der Waals surface area (Å²) in [5, 5.41) is 10.4. The van der Waals surface area contributed by atoms with Crippen molar-refractivity contribution in [3.63, 3.8) is 0 Å². The standard InChI is InChI=1S/C16H23N5O3S3/c22-27(23)8-5-13(11-27)19(10-15-4-2-7-26-15)12-21-16(25)20(17-18-21)9-14-3-1-6-24-14/h2,4,7,13-14H,1,3,5-6,8-12H2/t13-,14+/m1/s1. The van der Waals surface area contributed by atoms with Gasteiger partial charge in [-0.25, -0.2) is 17.8 Å². The van der Waals surface area contributed by atoms with Crippen molar-refractivity contribution in [1.82, 2.24) is 24.7 Å². The van der Waals surface area contributed by atoms with Crippen molar-refractivity contribution in [2.45, 2.75) is 51.2 Å². The first kappa shape index (κ1) is 19.2. The maximum absolute atomic E-state index is 12.0. The molecule has 0 N–H and O–H groups in total. The van der Waals surface area contributed by atoms with Crippen LogP contribution in [0.25, 0.3) is 0 Å². The van der Waals surface area contributed by atoms with E-state index in [1.54, 1.807) is 20.7 Å². The van der Waals surface area contributed by atoms with Crippen LogP contribution in [0.15, 0.2) is 17.5 Å². The molecule has 2 aliphatic heterocycles. The van der Waals surface area contributed by atoms with E-state index in [4.69, 9.17) is 17.0 Å². The molecule has 2 aromatic rings. The number of nitrogens with zero attached hydrogens (tertiary/aromatic N) is 5. The second-order valence-electron chi connectivity index (χ2n) is 7.10. The Bertz CT molecular complexity index is 916. The SMILES string of the molecule is O=S1(=O)CC[C@@H](N(Cc2cccs2)Cn2nnn(C[C@@H]3CCCO3)c2=S)C1. The molecule has 0 spiro atoms. The van der Waals surface area contributed by atoms with Crippen molar-refractivity contribution in [1.29, 1.82) is 0 Å². The molecule has 2 saturated heterocycles. The summed E-state index contributed by atoms with van der Waals surface area (Å²) in [4.78, 5) is 3.34. The van der Waals surface area contributed by atoms with E-state index in [1.165, 1.54) is 4.88 Å². The van der Waals surface area contributed by atoms with Crippen LogP contribution in [0.2, 0.25) is 0 Å². The smallest absolute Gasteiger partial charge is 0.217 e. The lowest BCUT2D eigenvalue weighted by Gasteiger charge is -2.26. The lowest BCUT2D eigenvalue weighted by Crippen LogP contribution is -2.37. The van der Waals surface area contributed by atoms with Crippen LogP contribution in [0.4, 0.5) is 0 Å². The summed E-state index contributed by atoms with van der Waals surface area (Å²) in [6.45, 7) is 2.51. The Morgan fingerprint density at radius 2 is 2.19 bits per heavy atom. The van der Waals surface area contributed by atoms with Crippen molar-refractivity contribution in [3.8, 4) is 0 Å². The topological polar surface area (TPSA) is 82.3 Å². The number of ether oxygens (including phenoxy) is 1. The quantitative estimate of drug-likeness (QED) is 0.620. The molecule has 2 atom stereocenters. The summed E-state index contributed by atoms with van der Waals surface area (Å²) in [6.07, 6.45) is 2.87. The Morgan fingerprint density at radius 1 is 1.33 bits per heavy atom. The van der Waals surface area contributed by atoms with E-state index in [1.807, 2.05) is 11.4 Å². The van der Waals surface area contributed by atoms with Crippen LogP contribution in [-0.2, 0) is 34.3 Å². The van der Waals surface area contributed by atoms with E-state index in [-0.39, 0.29) is 23.7 Å². The highest BCUT2D eigenvalue weighted by molar-refractivity contribution is 7.91. The molecule has 0 aromatic carbocycles. The highest BCUT2D eigenvalue weighted by atomic mass is 32.2. The number of tetrazole rings is 1. The first-order valence-electron chi connectivity index (χ1n) is 9.09. The molecule has 4 rings (SSSR count). The zero-order valence-electron chi connectivity index (χ0n) is 14.9. The molecule has 0 saturated carbocycles. The number of aromatic nitrogens is 4. The van der Waals surface area contributed by atoms with E-state index in [2.05, 4.69) is 21.4 Å². The minimum absolute atomic E-state index is 0.0256. The van der Waals surface area contributed by atoms with Crippen LogP contribution in [0.1, 0.15) is 24.1 Å². The van der Waals surface area contributed by atoms with Crippen LogP contribution >= 0.6 is 23.6 Å². The third-order valence-electron chi connectivity index (χ3n) is 5.08. The number of rotatable bonds is 7. The number of thiophene rings is 1. The molecule has 8 nitrogen and oxygen atoms in total. The Morgan fingerprint density at radius 3 is 2.85 bits per heavy atom. The molecule has 27 heavy (non-hydrogen) atoms. The molecular formula is C16H23N5O3S3. The van der Waals surface area contributed by atoms with E-state index >= 15 is 0 Å². The molecular weight excluding hydrogens is 406 g/mol. The average Bonchev–Trinajstić information content (AvgIpc) is 3.40. The fraction of sp³-hybridized carbons (Fsp3) is 0.688. The van der Waals surface area contributed by atoms with Gasteiger partial charge in [-0.1, -0.05) is 6.07 Å². The minimum atomic E-state index is -2.96. The predicted molar refractivity (Wildman–Crippen MR) is 105 cm³/mol. The number of hydrogen-bond acceptors (Lipinski definition) is 8. The van der Waals surface area contributed by atoms with Gasteiger partial charge in [-0.2, -0.15) is 0 Å². The van der Waals surface area contributed by atoms with Gasteiger partial charge in [-0.15, -0.1) is 11.3 Å². The van der Waals surface area contributed by atoms with Crippen LogP contribution in [-0.4, -0.2) is 63.4 Å². The monoisotopic (exact) mass is 429 g/mol. The normalized spacial score (nSPS) is 24.8. The number of hydrogen-bond donors (Lipinski definition) is 0. The second kappa shape index (κ2) is 8.08. The fourth-order valence-corrected chi connectivity index (χ4v) is 6.32. The molecule has 148 valence electrons. The highest BCUT2D eigenvalue weighted by Crippen LogP contribution is 2.22. The van der Waals surface area contributed by atoms with Crippen LogP contribution in [0.5, 0.6) is 0 Å². The second-order valence-corrected chi connectivity index (χ2v) is 10.7. The van der Waals surface area contributed by atoms with Gasteiger partial charge < -0.3 is 4.74 Å². The molecule has 11 heteroatoms. The van der Waals surface area contributed by atoms with Crippen molar-refractivity contribution < 1.29 is 13.2 Å². The van der Waals surface area contributed by atoms with Crippen LogP contribution in [0, 0.1) is 4.77 Å². The summed E-state index contributed by atoms with van der Waals surface area (Å²) in [7, 11) is -2.96. The first-order chi connectivity index (χ1) is 13.0. The summed E-state index contributed by atoms with van der Waals surface area (Å²) in [5.74, 6) is 0.436. The molecule has 0 radical (unpaired) electrons. The van der Waals surface area contributed by atoms with Crippen molar-refractivity contribution >= 4 is 33.4 Å². The van der Waals surface area contributed by atoms with Crippen molar-refractivity contribution in [3.05, 3.63) is 27.2 Å². The molecule has 2 aromatic heterocycles. The molecule has 0 unspecified atom stereocenters. The Balaban J connectivity index is 1.50. The van der Waals surface area contributed by atoms with Gasteiger partial charge in [0.25, 0.3) is 0 Å². The van der Waals surface area contributed by atoms with Gasteiger partial charge in [0, 0.05) is 24.1 Å². The zero-order chi connectivity index (χ0) is 18.9. The van der Waals surface area contributed by atoms with Gasteiger partial charge in [0.1, 0.15) is 0 Å². The predicted octanol–water partition coefficient (Wildman–Crippen LogP) is 1.70. The summed E-state index contributed by atoms with van der Waals surface area (Å²) in [6, 6.07) is 4.05. The molecule has 4 heterocycles. The van der Waals surface area contributed by atoms with Crippen molar-refractivity contribution in [2.24, 2.45) is 0 Å². The number of sulfone groups is 1. The fourth-order valence-electron chi connectivity index (χ4n) is 3.62. The van der Waals surface area contributed by atoms with Gasteiger partial charge in [0.15, 0.2) is 9.84 Å². The van der Waals surface area contributed by atoms with E-state index < -0.39 is 9.84 Å². The summed E-state index contributed by atoms with van der Waals surface area (Å²) >= 11 is 7.22. The molecule has 2 aliphatic rings. The molecule has 2 fully saturated rings. The maximum atomic E-state index is 12.0. The van der Waals surface area contributed by atoms with Gasteiger partial charge in [0.05, 0.1) is 30.8 Å². The third kappa shape index (κ3) is 4.65. The van der Waals surface area contributed by atoms with Crippen LogP contribution in [0.3, 0.4) is 0 Å². The van der Waals surface area contributed by atoms with E-state index in [0.29, 0.717) is 31.0 Å². The van der Waals surface area contributed by atoms with Gasteiger partial charge in [0.2, 0.25) is 4.77 Å². The average molecular weight is 430 g/mol. The molecule has 0 bridgehead atoms. The maximum Gasteiger partial charge on any atom is 0.217 e. The molecule has 0 amide bonds. The summed E-state index contributed by atoms with van der Waals surface area (Å²) < 4.78 is 33.5. The highest BCUT2D eigenvalue weighted by Gasteiger charge is 2.33. The summed E-state index contributed by atoms with van der Waals surface area (Å²) in [5.41, 5.74) is 0. The zero-order valence-corrected chi connectivity index (χ0v) is 17.4. The largest absolute Gasteiger partial charge is 0.376 e. The Kier molecular flexibility index (Phi) is 5.74. The van der Waals surface area contributed by atoms with E-state index in [0.717, 1.165) is 19.4 Å². The Hall–Kier alpha value is -1.14. The van der Waals surface area contributed by atoms with Gasteiger partial charge in [-0.05, 0) is 53.4 Å². The third-order valence-corrected chi connectivity index (χ3v) is 8.11. The minimum Gasteiger partial charge on any atom is -0.376 e. The van der Waals surface area contributed by atoms with Crippen molar-refractivity contribution in [2.75, 3.05) is 18.1 Å². The Labute approximate surface area is 167 Å². The first-order valence-corrected chi connectivity index (χ1v) is 12.2. The van der Waals surface area contributed by atoms with Gasteiger partial charge >= 0.3 is 0 Å². The van der Waals surface area contributed by atoms with Crippen LogP contribution < -0.4 is 0 Å². The molecule has 0 aliphatic carbocycles. The van der Waals surface area contributed by atoms with E-state index in [9.17, 15) is 8.42 Å². The van der Waals surface area contributed by atoms with Gasteiger partial charge in [-0.3, -0.25) is 4.90 Å².